The highest BCUT2D eigenvalue weighted by Gasteiger charge is 2.39. The van der Waals surface area contributed by atoms with Crippen molar-refractivity contribution >= 4 is 43.1 Å². The van der Waals surface area contributed by atoms with Gasteiger partial charge < -0.3 is 0 Å². The summed E-state index contributed by atoms with van der Waals surface area (Å²) in [6, 6.07) is 83.8. The van der Waals surface area contributed by atoms with Crippen LogP contribution in [0.5, 0.6) is 0 Å². The molecule has 0 unspecified atom stereocenters. The molecule has 0 nitrogen and oxygen atoms in total. The summed E-state index contributed by atoms with van der Waals surface area (Å²) in [5.74, 6) is 0. The van der Waals surface area contributed by atoms with Gasteiger partial charge in [0.15, 0.2) is 0 Å². The van der Waals surface area contributed by atoms with Crippen molar-refractivity contribution < 1.29 is 0 Å². The van der Waals surface area contributed by atoms with Crippen molar-refractivity contribution in [3.8, 4) is 77.9 Å². The molecule has 0 bridgehead atoms. The number of benzene rings is 12. The smallest absolute Gasteiger partial charge is 0.0159 e. The predicted molar refractivity (Wildman–Crippen MR) is 311 cm³/mol. The van der Waals surface area contributed by atoms with Crippen LogP contribution in [0.15, 0.2) is 218 Å². The topological polar surface area (TPSA) is 0 Å². The molecule has 3 aliphatic carbocycles. The lowest BCUT2D eigenvalue weighted by Crippen LogP contribution is -2.15. The Balaban J connectivity index is 1.05. The first-order chi connectivity index (χ1) is 35.5. The van der Waals surface area contributed by atoms with E-state index in [1.54, 1.807) is 0 Å². The number of hydrogen-bond donors (Lipinski definition) is 0. The molecule has 0 spiro atoms. The number of hydrogen-bond acceptors (Lipinski definition) is 0. The van der Waals surface area contributed by atoms with Crippen LogP contribution < -0.4 is 0 Å². The van der Waals surface area contributed by atoms with Crippen molar-refractivity contribution in [1.29, 1.82) is 0 Å². The van der Waals surface area contributed by atoms with Crippen LogP contribution in [0.2, 0.25) is 0 Å². The van der Waals surface area contributed by atoms with Gasteiger partial charge >= 0.3 is 0 Å². The van der Waals surface area contributed by atoms with Crippen LogP contribution >= 0.6 is 0 Å². The zero-order valence-corrected chi connectivity index (χ0v) is 42.3. The summed E-state index contributed by atoms with van der Waals surface area (Å²) in [5, 5.41) is 10.2. The first kappa shape index (κ1) is 42.4. The van der Waals surface area contributed by atoms with Gasteiger partial charge in [-0.1, -0.05) is 224 Å². The second kappa shape index (κ2) is 14.9. The van der Waals surface area contributed by atoms with E-state index < -0.39 is 0 Å². The minimum absolute atomic E-state index is 0.139. The first-order valence-corrected chi connectivity index (χ1v) is 26.2. The van der Waals surface area contributed by atoms with E-state index in [0.717, 1.165) is 0 Å². The summed E-state index contributed by atoms with van der Waals surface area (Å²) < 4.78 is 0. The maximum atomic E-state index is 2.60. The largest absolute Gasteiger partial charge is 0.0619 e. The van der Waals surface area contributed by atoms with Gasteiger partial charge in [0, 0.05) is 16.2 Å². The van der Waals surface area contributed by atoms with Crippen LogP contribution in [0.4, 0.5) is 0 Å². The summed E-state index contributed by atoms with van der Waals surface area (Å²) in [6.45, 7) is 14.5. The molecule has 0 atom stereocenters. The molecular formula is C73H54. The molecule has 0 saturated carbocycles. The highest BCUT2D eigenvalue weighted by Crippen LogP contribution is 2.57. The Labute approximate surface area is 428 Å². The summed E-state index contributed by atoms with van der Waals surface area (Å²) in [5.41, 5.74) is 26.0. The Hall–Kier alpha value is -8.32. The molecule has 0 heteroatoms. The van der Waals surface area contributed by atoms with E-state index in [4.69, 9.17) is 0 Å². The van der Waals surface area contributed by atoms with Gasteiger partial charge in [-0.05, 0) is 191 Å². The maximum Gasteiger partial charge on any atom is 0.0159 e. The standard InChI is InChI=1S/C73H54/c1-71(2)63-24-14-11-21-53(63)56-32-30-47(39-66(56)71)69-58-34-29-46(50-36-35-49(51-19-9-10-20-52(50)51)45-28-27-43-17-7-8-18-44(43)37-45)38-60(58)70(48-31-33-57-54-22-12-15-25-64(54)72(3,4)67(57)40-48)62-42-68-59(41-61(62)69)55-23-13-16-26-65(55)73(68,5)6/h7-42H,1-6H3. The highest BCUT2D eigenvalue weighted by molar-refractivity contribution is 6.24. The molecule has 0 saturated heterocycles. The quantitative estimate of drug-likeness (QED) is 0.154. The second-order valence-electron chi connectivity index (χ2n) is 22.8. The SMILES string of the molecule is CC1(C)c2ccccc2-c2ccc(-c3c4ccc(-c5ccc(-c6ccc7ccccc7c6)c6ccccc56)cc4c(-c4ccc5c(c4)C(C)(C)c4ccccc4-5)c4cc5c(cc34)-c3ccccc3C5(C)C)cc21. The van der Waals surface area contributed by atoms with E-state index in [0.29, 0.717) is 0 Å². The average molecular weight is 931 g/mol. The van der Waals surface area contributed by atoms with Crippen LogP contribution in [0, 0.1) is 0 Å². The minimum Gasteiger partial charge on any atom is -0.0619 e. The van der Waals surface area contributed by atoms with Crippen molar-refractivity contribution in [2.24, 2.45) is 0 Å². The van der Waals surface area contributed by atoms with Crippen molar-refractivity contribution in [2.75, 3.05) is 0 Å². The fourth-order valence-corrected chi connectivity index (χ4v) is 14.1. The molecule has 0 fully saturated rings. The number of fused-ring (bicyclic) bond motifs is 13. The van der Waals surface area contributed by atoms with E-state index in [-0.39, 0.29) is 16.2 Å². The summed E-state index contributed by atoms with van der Waals surface area (Å²) in [6.07, 6.45) is 0. The van der Waals surface area contributed by atoms with Gasteiger partial charge in [0.2, 0.25) is 0 Å². The van der Waals surface area contributed by atoms with Gasteiger partial charge in [0.1, 0.15) is 0 Å². The highest BCUT2D eigenvalue weighted by atomic mass is 14.4. The lowest BCUT2D eigenvalue weighted by Gasteiger charge is -2.26. The van der Waals surface area contributed by atoms with E-state index in [1.807, 2.05) is 0 Å². The lowest BCUT2D eigenvalue weighted by atomic mass is 9.77. The van der Waals surface area contributed by atoms with Crippen molar-refractivity contribution in [3.05, 3.63) is 252 Å². The Bertz CT molecular complexity index is 4400. The zero-order chi connectivity index (χ0) is 49.1. The average Bonchev–Trinajstić information content (AvgIpc) is 3.90. The molecule has 0 heterocycles. The van der Waals surface area contributed by atoms with Gasteiger partial charge in [0.25, 0.3) is 0 Å². The van der Waals surface area contributed by atoms with Crippen molar-refractivity contribution in [3.63, 3.8) is 0 Å². The van der Waals surface area contributed by atoms with Crippen LogP contribution in [0.1, 0.15) is 74.9 Å². The summed E-state index contributed by atoms with van der Waals surface area (Å²) >= 11 is 0. The molecule has 346 valence electrons. The maximum absolute atomic E-state index is 2.60. The van der Waals surface area contributed by atoms with Crippen molar-refractivity contribution in [2.45, 2.75) is 57.8 Å². The zero-order valence-electron chi connectivity index (χ0n) is 42.3. The Kier molecular flexibility index (Phi) is 8.63. The molecule has 12 aromatic carbocycles. The molecule has 0 aliphatic heterocycles. The van der Waals surface area contributed by atoms with E-state index >= 15 is 0 Å². The molecule has 0 aromatic heterocycles. The minimum atomic E-state index is -0.176. The summed E-state index contributed by atoms with van der Waals surface area (Å²) in [7, 11) is 0. The normalized spacial score (nSPS) is 15.0. The molecule has 0 radical (unpaired) electrons. The molecule has 15 rings (SSSR count). The van der Waals surface area contributed by atoms with Gasteiger partial charge in [-0.3, -0.25) is 0 Å². The monoisotopic (exact) mass is 930 g/mol. The third kappa shape index (κ3) is 5.84. The van der Waals surface area contributed by atoms with Gasteiger partial charge in [0.05, 0.1) is 0 Å². The van der Waals surface area contributed by atoms with Crippen LogP contribution in [0.3, 0.4) is 0 Å². The van der Waals surface area contributed by atoms with Crippen LogP contribution in [-0.2, 0) is 16.2 Å². The molecule has 3 aliphatic rings. The Morgan fingerprint density at radius 2 is 0.589 bits per heavy atom. The fourth-order valence-electron chi connectivity index (χ4n) is 14.1. The Morgan fingerprint density at radius 3 is 1.16 bits per heavy atom. The van der Waals surface area contributed by atoms with Gasteiger partial charge in [-0.2, -0.15) is 0 Å². The molecule has 0 amide bonds. The predicted octanol–water partition coefficient (Wildman–Crippen LogP) is 19.9. The fraction of sp³-hybridized carbons (Fsp3) is 0.123. The third-order valence-electron chi connectivity index (χ3n) is 17.9. The molecule has 12 aromatic rings. The van der Waals surface area contributed by atoms with Gasteiger partial charge in [-0.15, -0.1) is 0 Å². The Morgan fingerprint density at radius 1 is 0.205 bits per heavy atom. The number of rotatable bonds is 4. The van der Waals surface area contributed by atoms with Crippen LogP contribution in [0.25, 0.3) is 121 Å². The first-order valence-electron chi connectivity index (χ1n) is 26.2. The van der Waals surface area contributed by atoms with E-state index in [2.05, 4.69) is 260 Å². The van der Waals surface area contributed by atoms with Crippen LogP contribution in [-0.4, -0.2) is 0 Å². The summed E-state index contributed by atoms with van der Waals surface area (Å²) in [4.78, 5) is 0. The van der Waals surface area contributed by atoms with Crippen molar-refractivity contribution in [1.82, 2.24) is 0 Å². The second-order valence-corrected chi connectivity index (χ2v) is 22.8. The van der Waals surface area contributed by atoms with E-state index in [1.165, 1.54) is 154 Å². The van der Waals surface area contributed by atoms with Gasteiger partial charge in [-0.25, -0.2) is 0 Å². The van der Waals surface area contributed by atoms with E-state index in [9.17, 15) is 0 Å². The molecule has 73 heavy (non-hydrogen) atoms. The lowest BCUT2D eigenvalue weighted by molar-refractivity contribution is 0.660. The third-order valence-corrected chi connectivity index (χ3v) is 17.9. The molecule has 0 N–H and O–H groups in total. The molecular weight excluding hydrogens is 877 g/mol.